The average molecular weight is 237 g/mol. The lowest BCUT2D eigenvalue weighted by Gasteiger charge is -2.33. The minimum absolute atomic E-state index is 0.581. The molecule has 0 saturated carbocycles. The fourth-order valence-electron chi connectivity index (χ4n) is 2.24. The Labute approximate surface area is 101 Å². The number of nitrogens with zero attached hydrogens (tertiary/aromatic N) is 3. The van der Waals surface area contributed by atoms with Gasteiger partial charge in [-0.3, -0.25) is 0 Å². The molecule has 1 fully saturated rings. The number of aromatic nitrogens is 2. The van der Waals surface area contributed by atoms with Gasteiger partial charge in [-0.2, -0.15) is 0 Å². The van der Waals surface area contributed by atoms with Crippen LogP contribution in [0.25, 0.3) is 0 Å². The Bertz CT molecular complexity index is 357. The molecule has 1 saturated heterocycles. The number of nitrogens with two attached hydrogens (primary N) is 1. The first-order chi connectivity index (χ1) is 8.33. The maximum atomic E-state index is 5.34. The molecule has 1 unspecified atom stereocenters. The van der Waals surface area contributed by atoms with Crippen LogP contribution >= 0.6 is 0 Å². The second-order valence-corrected chi connectivity index (χ2v) is 4.32. The maximum Gasteiger partial charge on any atom is 0.145 e. The fraction of sp³-hybridized carbons (Fsp3) is 0.636. The van der Waals surface area contributed by atoms with Crippen molar-refractivity contribution >= 4 is 11.6 Å². The molecule has 17 heavy (non-hydrogen) atoms. The molecule has 6 nitrogen and oxygen atoms in total. The molecule has 2 heterocycles. The molecule has 1 aromatic rings. The molecule has 1 atom stereocenters. The summed E-state index contributed by atoms with van der Waals surface area (Å²) in [5, 5.41) is 0. The highest BCUT2D eigenvalue weighted by Crippen LogP contribution is 2.22. The van der Waals surface area contributed by atoms with Crippen molar-refractivity contribution in [2.75, 3.05) is 37.1 Å². The van der Waals surface area contributed by atoms with Crippen LogP contribution < -0.4 is 16.2 Å². The number of piperidine rings is 1. The lowest BCUT2D eigenvalue weighted by molar-refractivity contribution is 0.143. The number of hydrogen-bond acceptors (Lipinski definition) is 6. The normalized spacial score (nSPS) is 20.4. The molecule has 3 N–H and O–H groups in total. The molecule has 0 bridgehead atoms. The third-order valence-electron chi connectivity index (χ3n) is 3.05. The monoisotopic (exact) mass is 237 g/mol. The molecular weight excluding hydrogens is 218 g/mol. The maximum absolute atomic E-state index is 5.34. The van der Waals surface area contributed by atoms with Crippen molar-refractivity contribution in [2.45, 2.75) is 12.8 Å². The third-order valence-corrected chi connectivity index (χ3v) is 3.05. The molecule has 6 heteroatoms. The quantitative estimate of drug-likeness (QED) is 0.590. The summed E-state index contributed by atoms with van der Waals surface area (Å²) in [5.74, 6) is 7.49. The second-order valence-electron chi connectivity index (χ2n) is 4.32. The topological polar surface area (TPSA) is 76.3 Å². The van der Waals surface area contributed by atoms with Gasteiger partial charge in [0, 0.05) is 26.3 Å². The van der Waals surface area contributed by atoms with Gasteiger partial charge in [-0.1, -0.05) is 0 Å². The van der Waals surface area contributed by atoms with Crippen molar-refractivity contribution in [1.82, 2.24) is 9.97 Å². The van der Waals surface area contributed by atoms with Crippen molar-refractivity contribution in [3.05, 3.63) is 12.4 Å². The van der Waals surface area contributed by atoms with E-state index in [0.29, 0.717) is 11.7 Å². The number of ether oxygens (including phenoxy) is 1. The van der Waals surface area contributed by atoms with Gasteiger partial charge < -0.3 is 15.1 Å². The Hall–Kier alpha value is -1.40. The van der Waals surface area contributed by atoms with Crippen molar-refractivity contribution in [3.63, 3.8) is 0 Å². The first-order valence-corrected chi connectivity index (χ1v) is 5.86. The summed E-state index contributed by atoms with van der Waals surface area (Å²) in [4.78, 5) is 10.6. The van der Waals surface area contributed by atoms with E-state index in [-0.39, 0.29) is 0 Å². The van der Waals surface area contributed by atoms with Crippen molar-refractivity contribution in [1.29, 1.82) is 0 Å². The molecule has 0 amide bonds. The van der Waals surface area contributed by atoms with Crippen LogP contribution in [0.4, 0.5) is 11.6 Å². The Morgan fingerprint density at radius 3 is 3.24 bits per heavy atom. The zero-order chi connectivity index (χ0) is 12.1. The van der Waals surface area contributed by atoms with E-state index in [2.05, 4.69) is 20.3 Å². The molecular formula is C11H19N5O. The molecule has 1 aliphatic heterocycles. The molecule has 2 rings (SSSR count). The van der Waals surface area contributed by atoms with Crippen molar-refractivity contribution < 1.29 is 4.74 Å². The van der Waals surface area contributed by atoms with Gasteiger partial charge in [-0.05, 0) is 18.8 Å². The molecule has 0 spiro atoms. The fourth-order valence-corrected chi connectivity index (χ4v) is 2.24. The van der Waals surface area contributed by atoms with E-state index in [9.17, 15) is 0 Å². The predicted octanol–water partition coefficient (Wildman–Crippen LogP) is 0.625. The Morgan fingerprint density at radius 2 is 2.47 bits per heavy atom. The predicted molar refractivity (Wildman–Crippen MR) is 66.7 cm³/mol. The standard InChI is InChI=1S/C11H19N5O/c1-17-7-9-3-2-4-16(6-9)11-5-10(15-12)13-8-14-11/h5,8-9H,2-4,6-7,12H2,1H3,(H,13,14,15). The van der Waals surface area contributed by atoms with E-state index in [1.165, 1.54) is 19.2 Å². The van der Waals surface area contributed by atoms with Gasteiger partial charge in [-0.25, -0.2) is 15.8 Å². The molecule has 1 aromatic heterocycles. The lowest BCUT2D eigenvalue weighted by atomic mass is 9.99. The van der Waals surface area contributed by atoms with Gasteiger partial charge >= 0.3 is 0 Å². The van der Waals surface area contributed by atoms with Gasteiger partial charge in [0.2, 0.25) is 0 Å². The molecule has 0 aromatic carbocycles. The van der Waals surface area contributed by atoms with Crippen LogP contribution in [-0.2, 0) is 4.74 Å². The number of hydrogen-bond donors (Lipinski definition) is 2. The van der Waals surface area contributed by atoms with Crippen LogP contribution in [0.5, 0.6) is 0 Å². The van der Waals surface area contributed by atoms with E-state index < -0.39 is 0 Å². The number of hydrazine groups is 1. The lowest BCUT2D eigenvalue weighted by Crippen LogP contribution is -2.37. The smallest absolute Gasteiger partial charge is 0.145 e. The largest absolute Gasteiger partial charge is 0.384 e. The van der Waals surface area contributed by atoms with Gasteiger partial charge in [-0.15, -0.1) is 0 Å². The zero-order valence-corrected chi connectivity index (χ0v) is 10.1. The minimum Gasteiger partial charge on any atom is -0.384 e. The number of nitrogens with one attached hydrogen (secondary N) is 1. The summed E-state index contributed by atoms with van der Waals surface area (Å²) in [7, 11) is 1.75. The summed E-state index contributed by atoms with van der Waals surface area (Å²) in [6.07, 6.45) is 3.92. The third kappa shape index (κ3) is 3.04. The van der Waals surface area contributed by atoms with Gasteiger partial charge in [0.25, 0.3) is 0 Å². The van der Waals surface area contributed by atoms with Crippen molar-refractivity contribution in [3.8, 4) is 0 Å². The Kier molecular flexibility index (Phi) is 4.11. The highest BCUT2D eigenvalue weighted by atomic mass is 16.5. The van der Waals surface area contributed by atoms with E-state index in [0.717, 1.165) is 25.5 Å². The highest BCUT2D eigenvalue weighted by Gasteiger charge is 2.20. The first kappa shape index (κ1) is 12.1. The van der Waals surface area contributed by atoms with Gasteiger partial charge in [0.05, 0.1) is 6.61 Å². The van der Waals surface area contributed by atoms with Crippen LogP contribution in [0.3, 0.4) is 0 Å². The summed E-state index contributed by atoms with van der Waals surface area (Å²) >= 11 is 0. The highest BCUT2D eigenvalue weighted by molar-refractivity contribution is 5.48. The van der Waals surface area contributed by atoms with Crippen molar-refractivity contribution in [2.24, 2.45) is 11.8 Å². The molecule has 0 radical (unpaired) electrons. The summed E-state index contributed by atoms with van der Waals surface area (Å²) in [6, 6.07) is 1.87. The van der Waals surface area contributed by atoms with Crippen LogP contribution in [0.1, 0.15) is 12.8 Å². The number of rotatable bonds is 4. The van der Waals surface area contributed by atoms with Crippen LogP contribution in [0.2, 0.25) is 0 Å². The Morgan fingerprint density at radius 1 is 1.59 bits per heavy atom. The second kappa shape index (κ2) is 5.79. The number of nitrogen functional groups attached to an aromatic ring is 1. The first-order valence-electron chi connectivity index (χ1n) is 5.86. The Balaban J connectivity index is 2.05. The molecule has 1 aliphatic rings. The van der Waals surface area contributed by atoms with Gasteiger partial charge in [0.15, 0.2) is 0 Å². The number of anilines is 2. The van der Waals surface area contributed by atoms with E-state index >= 15 is 0 Å². The summed E-state index contributed by atoms with van der Waals surface area (Å²) in [6.45, 7) is 2.82. The zero-order valence-electron chi connectivity index (χ0n) is 10.1. The SMILES string of the molecule is COCC1CCCN(c2cc(NN)ncn2)C1. The molecule has 0 aliphatic carbocycles. The van der Waals surface area contributed by atoms with E-state index in [1.54, 1.807) is 7.11 Å². The van der Waals surface area contributed by atoms with Crippen LogP contribution in [0.15, 0.2) is 12.4 Å². The molecule has 94 valence electrons. The summed E-state index contributed by atoms with van der Waals surface area (Å²) < 4.78 is 5.22. The van der Waals surface area contributed by atoms with Crippen LogP contribution in [0, 0.1) is 5.92 Å². The van der Waals surface area contributed by atoms with Crippen LogP contribution in [-0.4, -0.2) is 36.8 Å². The van der Waals surface area contributed by atoms with Gasteiger partial charge in [0.1, 0.15) is 18.0 Å². The van der Waals surface area contributed by atoms with E-state index in [4.69, 9.17) is 10.6 Å². The summed E-state index contributed by atoms with van der Waals surface area (Å²) in [5.41, 5.74) is 2.54. The minimum atomic E-state index is 0.581. The van der Waals surface area contributed by atoms with E-state index in [1.807, 2.05) is 6.07 Å². The number of methoxy groups -OCH3 is 1. The average Bonchev–Trinajstić information content (AvgIpc) is 2.40.